The van der Waals surface area contributed by atoms with Crippen LogP contribution in [0.1, 0.15) is 27.7 Å². The Morgan fingerprint density at radius 2 is 1.67 bits per heavy atom. The molecule has 0 saturated heterocycles. The molecule has 0 bridgehead atoms. The van der Waals surface area contributed by atoms with Crippen molar-refractivity contribution in [1.29, 1.82) is 0 Å². The second-order valence-electron chi connectivity index (χ2n) is 3.75. The van der Waals surface area contributed by atoms with E-state index < -0.39 is 0 Å². The normalized spacial score (nSPS) is 15.2. The van der Waals surface area contributed by atoms with Crippen LogP contribution in [0, 0.1) is 5.92 Å². The third kappa shape index (κ3) is 3.58. The number of thioether (sulfide) groups is 1. The first-order valence-corrected chi connectivity index (χ1v) is 6.64. The van der Waals surface area contributed by atoms with Crippen LogP contribution in [0.2, 0.25) is 0 Å². The maximum atomic E-state index is 5.64. The van der Waals surface area contributed by atoms with Crippen molar-refractivity contribution in [1.82, 2.24) is 0 Å². The van der Waals surface area contributed by atoms with Crippen molar-refractivity contribution in [3.8, 4) is 0 Å². The zero-order valence-electron chi connectivity index (χ0n) is 8.88. The Kier molecular flexibility index (Phi) is 5.70. The van der Waals surface area contributed by atoms with E-state index in [2.05, 4.69) is 34.0 Å². The highest BCUT2D eigenvalue weighted by molar-refractivity contribution is 7.99. The summed E-state index contributed by atoms with van der Waals surface area (Å²) in [4.78, 5) is 0. The van der Waals surface area contributed by atoms with E-state index in [0.717, 1.165) is 0 Å². The van der Waals surface area contributed by atoms with Crippen molar-refractivity contribution in [2.45, 2.75) is 38.5 Å². The first-order valence-electron chi connectivity index (χ1n) is 4.20. The second-order valence-corrected chi connectivity index (χ2v) is 5.23. The Morgan fingerprint density at radius 1 is 1.17 bits per heavy atom. The molecule has 0 aliphatic heterocycles. The van der Waals surface area contributed by atoms with Gasteiger partial charge < -0.3 is 4.18 Å². The van der Waals surface area contributed by atoms with Crippen molar-refractivity contribution >= 4 is 23.8 Å². The molecule has 0 aromatic heterocycles. The molecule has 1 atom stereocenters. The fourth-order valence-electron chi connectivity index (χ4n) is 1.62. The van der Waals surface area contributed by atoms with E-state index in [1.807, 2.05) is 18.0 Å². The minimum atomic E-state index is -0.0347. The lowest BCUT2D eigenvalue weighted by atomic mass is 9.96. The van der Waals surface area contributed by atoms with Gasteiger partial charge in [0.2, 0.25) is 0 Å². The van der Waals surface area contributed by atoms with Gasteiger partial charge in [-0.05, 0) is 38.1 Å². The summed E-state index contributed by atoms with van der Waals surface area (Å²) in [5.74, 6) is 0.655. The van der Waals surface area contributed by atoms with Gasteiger partial charge >= 0.3 is 0 Å². The Labute approximate surface area is 85.2 Å². The van der Waals surface area contributed by atoms with E-state index in [9.17, 15) is 0 Å². The summed E-state index contributed by atoms with van der Waals surface area (Å²) in [5.41, 5.74) is -0.0347. The molecule has 0 N–H and O–H groups in total. The SMILES string of the molecule is CSOC(C)(C)C(SC)C(C)C. The molecule has 0 radical (unpaired) electrons. The van der Waals surface area contributed by atoms with Crippen LogP contribution in [-0.4, -0.2) is 23.4 Å². The van der Waals surface area contributed by atoms with Gasteiger partial charge in [-0.1, -0.05) is 13.8 Å². The standard InChI is InChI=1S/C9H20OS2/c1-7(2)8(11-5)9(3,4)10-12-6/h7-8H,1-6H3. The van der Waals surface area contributed by atoms with E-state index in [-0.39, 0.29) is 5.60 Å². The highest BCUT2D eigenvalue weighted by Gasteiger charge is 2.32. The van der Waals surface area contributed by atoms with Gasteiger partial charge in [0.25, 0.3) is 0 Å². The van der Waals surface area contributed by atoms with E-state index in [1.54, 1.807) is 0 Å². The number of rotatable bonds is 5. The average Bonchev–Trinajstić information content (AvgIpc) is 1.86. The largest absolute Gasteiger partial charge is 0.309 e. The van der Waals surface area contributed by atoms with Crippen molar-refractivity contribution in [3.63, 3.8) is 0 Å². The van der Waals surface area contributed by atoms with Gasteiger partial charge in [0.1, 0.15) is 0 Å². The fourth-order valence-corrected chi connectivity index (χ4v) is 3.38. The van der Waals surface area contributed by atoms with Gasteiger partial charge in [0.05, 0.1) is 5.60 Å². The van der Waals surface area contributed by atoms with Crippen LogP contribution in [0.4, 0.5) is 0 Å². The molecule has 0 aliphatic carbocycles. The number of hydrogen-bond donors (Lipinski definition) is 0. The third-order valence-electron chi connectivity index (χ3n) is 1.84. The minimum Gasteiger partial charge on any atom is -0.309 e. The molecule has 3 heteroatoms. The Morgan fingerprint density at radius 3 is 1.92 bits per heavy atom. The molecule has 12 heavy (non-hydrogen) atoms. The molecule has 0 aromatic carbocycles. The van der Waals surface area contributed by atoms with E-state index in [0.29, 0.717) is 11.2 Å². The van der Waals surface area contributed by atoms with Gasteiger partial charge in [-0.2, -0.15) is 11.8 Å². The van der Waals surface area contributed by atoms with Crippen LogP contribution in [0.5, 0.6) is 0 Å². The molecule has 74 valence electrons. The lowest BCUT2D eigenvalue weighted by Gasteiger charge is -2.34. The number of hydrogen-bond acceptors (Lipinski definition) is 3. The van der Waals surface area contributed by atoms with Crippen molar-refractivity contribution in [2.24, 2.45) is 5.92 Å². The zero-order chi connectivity index (χ0) is 9.78. The predicted octanol–water partition coefficient (Wildman–Crippen LogP) is 3.45. The van der Waals surface area contributed by atoms with E-state index in [4.69, 9.17) is 4.18 Å². The smallest absolute Gasteiger partial charge is 0.0893 e. The maximum absolute atomic E-state index is 5.64. The molecule has 0 heterocycles. The zero-order valence-corrected chi connectivity index (χ0v) is 10.5. The van der Waals surface area contributed by atoms with Gasteiger partial charge in [0, 0.05) is 11.5 Å². The molecule has 0 saturated carbocycles. The van der Waals surface area contributed by atoms with Crippen molar-refractivity contribution in [2.75, 3.05) is 12.5 Å². The predicted molar refractivity (Wildman–Crippen MR) is 60.8 cm³/mol. The Hall–Kier alpha value is 0.660. The van der Waals surface area contributed by atoms with Crippen LogP contribution in [0.25, 0.3) is 0 Å². The van der Waals surface area contributed by atoms with Crippen LogP contribution in [0.15, 0.2) is 0 Å². The van der Waals surface area contributed by atoms with Gasteiger partial charge in [0.15, 0.2) is 0 Å². The summed E-state index contributed by atoms with van der Waals surface area (Å²) >= 11 is 3.34. The minimum absolute atomic E-state index is 0.0347. The first-order chi connectivity index (χ1) is 5.45. The summed E-state index contributed by atoms with van der Waals surface area (Å²) in [6, 6.07) is 0. The third-order valence-corrected chi connectivity index (χ3v) is 4.06. The summed E-state index contributed by atoms with van der Waals surface area (Å²) in [7, 11) is 0. The molecule has 0 aliphatic rings. The molecule has 1 nitrogen and oxygen atoms in total. The van der Waals surface area contributed by atoms with E-state index >= 15 is 0 Å². The Balaban J connectivity index is 4.25. The maximum Gasteiger partial charge on any atom is 0.0893 e. The molecule has 0 fully saturated rings. The van der Waals surface area contributed by atoms with Crippen LogP contribution in [-0.2, 0) is 4.18 Å². The topological polar surface area (TPSA) is 9.23 Å². The monoisotopic (exact) mass is 208 g/mol. The highest BCUT2D eigenvalue weighted by Crippen LogP contribution is 2.32. The van der Waals surface area contributed by atoms with E-state index in [1.165, 1.54) is 12.0 Å². The molecular weight excluding hydrogens is 188 g/mol. The quantitative estimate of drug-likeness (QED) is 0.641. The van der Waals surface area contributed by atoms with Crippen LogP contribution < -0.4 is 0 Å². The molecule has 1 unspecified atom stereocenters. The highest BCUT2D eigenvalue weighted by atomic mass is 32.2. The molecular formula is C9H20OS2. The molecule has 0 spiro atoms. The summed E-state index contributed by atoms with van der Waals surface area (Å²) in [5, 5.41) is 0.560. The second kappa shape index (κ2) is 5.40. The van der Waals surface area contributed by atoms with Gasteiger partial charge in [-0.3, -0.25) is 0 Å². The first kappa shape index (κ1) is 12.7. The summed E-state index contributed by atoms with van der Waals surface area (Å²) in [6.07, 6.45) is 4.12. The summed E-state index contributed by atoms with van der Waals surface area (Å²) < 4.78 is 5.64. The molecule has 0 rings (SSSR count). The lowest BCUT2D eigenvalue weighted by molar-refractivity contribution is 0.121. The van der Waals surface area contributed by atoms with Gasteiger partial charge in [-0.25, -0.2) is 0 Å². The average molecular weight is 208 g/mol. The Bertz CT molecular complexity index is 124. The van der Waals surface area contributed by atoms with Crippen LogP contribution in [0.3, 0.4) is 0 Å². The summed E-state index contributed by atoms with van der Waals surface area (Å²) in [6.45, 7) is 8.80. The molecule has 0 aromatic rings. The van der Waals surface area contributed by atoms with Crippen molar-refractivity contribution < 1.29 is 4.18 Å². The lowest BCUT2D eigenvalue weighted by Crippen LogP contribution is -2.38. The van der Waals surface area contributed by atoms with Crippen LogP contribution >= 0.6 is 23.8 Å². The van der Waals surface area contributed by atoms with Crippen molar-refractivity contribution in [3.05, 3.63) is 0 Å². The molecule has 0 amide bonds. The van der Waals surface area contributed by atoms with Gasteiger partial charge in [-0.15, -0.1) is 0 Å². The fraction of sp³-hybridized carbons (Fsp3) is 1.00.